The van der Waals surface area contributed by atoms with Crippen LogP contribution in [-0.2, 0) is 0 Å². The largest absolute Gasteiger partial charge is 0.504 e. The molecule has 0 unspecified atom stereocenters. The molecule has 0 aliphatic carbocycles. The van der Waals surface area contributed by atoms with Gasteiger partial charge in [-0.2, -0.15) is 0 Å². The summed E-state index contributed by atoms with van der Waals surface area (Å²) in [6.45, 7) is 2.20. The van der Waals surface area contributed by atoms with Crippen LogP contribution in [0.4, 0.5) is 0 Å². The van der Waals surface area contributed by atoms with Crippen molar-refractivity contribution in [2.75, 3.05) is 34.0 Å². The number of fused-ring (bicyclic) bond motifs is 1. The molecule has 1 spiro atoms. The van der Waals surface area contributed by atoms with E-state index in [0.29, 0.717) is 12.2 Å². The van der Waals surface area contributed by atoms with Crippen LogP contribution in [0.25, 0.3) is 0 Å². The minimum Gasteiger partial charge on any atom is -0.504 e. The van der Waals surface area contributed by atoms with E-state index in [4.69, 9.17) is 19.2 Å². The predicted molar refractivity (Wildman–Crippen MR) is 114 cm³/mol. The molecule has 3 aliphatic heterocycles. The number of phenolic OH excluding ortho intramolecular Hbond substituents is 1. The number of rotatable bonds is 3. The lowest BCUT2D eigenvalue weighted by Gasteiger charge is -2.44. The zero-order chi connectivity index (χ0) is 20.7. The molecule has 3 heterocycles. The van der Waals surface area contributed by atoms with Gasteiger partial charge < -0.3 is 24.2 Å². The number of phenols is 1. The minimum atomic E-state index is -0.351. The van der Waals surface area contributed by atoms with Gasteiger partial charge in [-0.15, -0.1) is 0 Å². The maximum Gasteiger partial charge on any atom is 0.231 e. The first-order valence-electron chi connectivity index (χ1n) is 10.4. The van der Waals surface area contributed by atoms with Crippen LogP contribution >= 0.6 is 0 Å². The molecule has 0 bridgehead atoms. The lowest BCUT2D eigenvalue weighted by Crippen LogP contribution is -2.55. The number of aromatic hydroxyl groups is 1. The van der Waals surface area contributed by atoms with Crippen molar-refractivity contribution < 1.29 is 19.3 Å². The van der Waals surface area contributed by atoms with E-state index in [9.17, 15) is 5.11 Å². The first-order valence-corrected chi connectivity index (χ1v) is 10.4. The van der Waals surface area contributed by atoms with Crippen LogP contribution in [0.15, 0.2) is 41.4 Å². The highest BCUT2D eigenvalue weighted by Crippen LogP contribution is 2.41. The predicted octanol–water partition coefficient (Wildman–Crippen LogP) is 3.08. The molecular weight excluding hydrogens is 382 g/mol. The van der Waals surface area contributed by atoms with Gasteiger partial charge in [-0.1, -0.05) is 12.1 Å². The number of benzene rings is 2. The maximum atomic E-state index is 10.8. The first-order chi connectivity index (χ1) is 14.6. The van der Waals surface area contributed by atoms with E-state index in [1.807, 2.05) is 30.3 Å². The third-order valence-corrected chi connectivity index (χ3v) is 6.33. The van der Waals surface area contributed by atoms with Gasteiger partial charge in [0.2, 0.25) is 6.79 Å². The highest BCUT2D eigenvalue weighted by atomic mass is 16.7. The number of nitrogens with one attached hydrogen (secondary N) is 1. The van der Waals surface area contributed by atoms with Gasteiger partial charge in [-0.3, -0.25) is 10.3 Å². The molecular formula is C23H27N3O4. The van der Waals surface area contributed by atoms with Crippen molar-refractivity contribution >= 4 is 5.71 Å². The van der Waals surface area contributed by atoms with E-state index in [-0.39, 0.29) is 24.2 Å². The molecule has 5 rings (SSSR count). The molecule has 0 saturated carbocycles. The van der Waals surface area contributed by atoms with Crippen LogP contribution in [0.1, 0.15) is 36.4 Å². The minimum absolute atomic E-state index is 0.0681. The Kier molecular flexibility index (Phi) is 4.79. The Morgan fingerprint density at radius 1 is 1.17 bits per heavy atom. The van der Waals surface area contributed by atoms with E-state index in [1.165, 1.54) is 0 Å². The molecule has 0 aromatic heterocycles. The Morgan fingerprint density at radius 2 is 1.97 bits per heavy atom. The molecule has 7 nitrogen and oxygen atoms in total. The molecule has 158 valence electrons. The monoisotopic (exact) mass is 409 g/mol. The molecule has 2 N–H and O–H groups in total. The number of nitrogens with zero attached hydrogens (tertiary/aromatic N) is 2. The number of ether oxygens (including phenoxy) is 3. The van der Waals surface area contributed by atoms with Crippen molar-refractivity contribution in [3.63, 3.8) is 0 Å². The average Bonchev–Trinajstić information content (AvgIpc) is 3.24. The summed E-state index contributed by atoms with van der Waals surface area (Å²) in [5.41, 5.74) is 2.53. The number of aliphatic imine (C=N–C) groups is 1. The molecule has 0 amide bonds. The average molecular weight is 409 g/mol. The van der Waals surface area contributed by atoms with Crippen LogP contribution in [0, 0.1) is 0 Å². The van der Waals surface area contributed by atoms with Crippen LogP contribution in [0.5, 0.6) is 23.0 Å². The molecule has 1 atom stereocenters. The summed E-state index contributed by atoms with van der Waals surface area (Å²) in [5, 5.41) is 14.6. The summed E-state index contributed by atoms with van der Waals surface area (Å²) in [5.74, 6) is 2.20. The van der Waals surface area contributed by atoms with Crippen molar-refractivity contribution in [1.82, 2.24) is 10.2 Å². The van der Waals surface area contributed by atoms with Gasteiger partial charge in [0.25, 0.3) is 0 Å². The third-order valence-electron chi connectivity index (χ3n) is 6.33. The highest BCUT2D eigenvalue weighted by molar-refractivity contribution is 6.02. The van der Waals surface area contributed by atoms with Crippen molar-refractivity contribution in [1.29, 1.82) is 0 Å². The number of piperidine rings is 1. The lowest BCUT2D eigenvalue weighted by atomic mass is 9.87. The molecule has 2 aromatic carbocycles. The third kappa shape index (κ3) is 3.38. The van der Waals surface area contributed by atoms with Gasteiger partial charge in [0.15, 0.2) is 23.0 Å². The van der Waals surface area contributed by atoms with Crippen LogP contribution < -0.4 is 19.5 Å². The van der Waals surface area contributed by atoms with E-state index >= 15 is 0 Å². The fraction of sp³-hybridized carbons (Fsp3) is 0.435. The Hall–Kier alpha value is -2.77. The maximum absolute atomic E-state index is 10.8. The van der Waals surface area contributed by atoms with Gasteiger partial charge >= 0.3 is 0 Å². The molecule has 0 radical (unpaired) electrons. The second-order valence-corrected chi connectivity index (χ2v) is 8.26. The normalized spacial score (nSPS) is 22.7. The molecule has 30 heavy (non-hydrogen) atoms. The number of para-hydroxylation sites is 1. The Balaban J connectivity index is 1.55. The van der Waals surface area contributed by atoms with Crippen molar-refractivity contribution in [2.24, 2.45) is 4.99 Å². The summed E-state index contributed by atoms with van der Waals surface area (Å²) in [7, 11) is 3.72. The highest BCUT2D eigenvalue weighted by Gasteiger charge is 2.40. The summed E-state index contributed by atoms with van der Waals surface area (Å²) in [6.07, 6.45) is 2.50. The second kappa shape index (κ2) is 7.49. The molecule has 7 heteroatoms. The quantitative estimate of drug-likeness (QED) is 0.812. The number of hydrogen-bond donors (Lipinski definition) is 2. The summed E-state index contributed by atoms with van der Waals surface area (Å²) >= 11 is 0. The number of likely N-dealkylation sites (tertiary alicyclic amines) is 1. The topological polar surface area (TPSA) is 75.5 Å². The lowest BCUT2D eigenvalue weighted by molar-refractivity contribution is 0.144. The Morgan fingerprint density at radius 3 is 2.77 bits per heavy atom. The van der Waals surface area contributed by atoms with Gasteiger partial charge in [-0.05, 0) is 49.7 Å². The Bertz CT molecular complexity index is 982. The van der Waals surface area contributed by atoms with Gasteiger partial charge in [-0.25, -0.2) is 0 Å². The fourth-order valence-corrected chi connectivity index (χ4v) is 4.58. The molecule has 3 aliphatic rings. The van der Waals surface area contributed by atoms with Crippen molar-refractivity contribution in [2.45, 2.75) is 31.0 Å². The number of methoxy groups -OCH3 is 1. The van der Waals surface area contributed by atoms with Crippen LogP contribution in [0.2, 0.25) is 0 Å². The van der Waals surface area contributed by atoms with Gasteiger partial charge in [0.1, 0.15) is 5.66 Å². The van der Waals surface area contributed by atoms with Crippen molar-refractivity contribution in [3.05, 3.63) is 47.5 Å². The van der Waals surface area contributed by atoms with E-state index in [0.717, 1.165) is 54.3 Å². The van der Waals surface area contributed by atoms with Gasteiger partial charge in [0, 0.05) is 36.8 Å². The van der Waals surface area contributed by atoms with Gasteiger partial charge in [0.05, 0.1) is 7.11 Å². The van der Waals surface area contributed by atoms with E-state index < -0.39 is 0 Å². The number of hydrogen-bond acceptors (Lipinski definition) is 7. The van der Waals surface area contributed by atoms with Crippen LogP contribution in [0.3, 0.4) is 0 Å². The smallest absolute Gasteiger partial charge is 0.231 e. The zero-order valence-corrected chi connectivity index (χ0v) is 17.4. The molecule has 1 fully saturated rings. The standard InChI is InChI=1S/C23H27N3O4/c1-26-10-8-23(9-11-26)24-17(15-6-7-19-21(12-15)30-14-29-19)13-18(25-23)16-4-3-5-20(28-2)22(16)27/h3-7,12,18,25,27H,8-11,13-14H2,1-2H3/t18-/m0/s1. The molecule has 1 saturated heterocycles. The zero-order valence-electron chi connectivity index (χ0n) is 17.4. The summed E-state index contributed by atoms with van der Waals surface area (Å²) in [4.78, 5) is 7.55. The summed E-state index contributed by atoms with van der Waals surface area (Å²) in [6, 6.07) is 11.6. The first kappa shape index (κ1) is 19.2. The van der Waals surface area contributed by atoms with Crippen LogP contribution in [-0.4, -0.2) is 55.4 Å². The van der Waals surface area contributed by atoms with Crippen molar-refractivity contribution in [3.8, 4) is 23.0 Å². The van der Waals surface area contributed by atoms with E-state index in [2.05, 4.69) is 17.3 Å². The summed E-state index contributed by atoms with van der Waals surface area (Å²) < 4.78 is 16.4. The second-order valence-electron chi connectivity index (χ2n) is 8.26. The fourth-order valence-electron chi connectivity index (χ4n) is 4.58. The van der Waals surface area contributed by atoms with E-state index in [1.54, 1.807) is 13.2 Å². The molecule has 2 aromatic rings. The SMILES string of the molecule is COc1cccc([C@@H]2CC(c3ccc4c(c3)OCO4)=NC3(CCN(C)CC3)N2)c1O. The Labute approximate surface area is 176 Å².